The van der Waals surface area contributed by atoms with Gasteiger partial charge in [0.25, 0.3) is 5.91 Å². The lowest BCUT2D eigenvalue weighted by Gasteiger charge is -2.28. The first-order valence-corrected chi connectivity index (χ1v) is 14.1. The standard InChI is InChI=1S/C14H15N5O.C8H10N6.C8H8N4/c15-16-13-8-11-9-19(7-6-12(11)17-18-13)14(20)10-4-2-1-3-5-10;9-11-7-5-3-1-2-4-6(5)8(12-10)14-13-7;9-11-8-7-4-2-1-3-6(7)5-10-12-8/h1-5,8H,6-7,9,15H2,(H,16,18);1-4H,9-10H2,(H,11,13)(H,12,14);1-5H,9H2,(H,11,12). The maximum absolute atomic E-state index is 12.4. The van der Waals surface area contributed by atoms with Crippen LogP contribution in [0.4, 0.5) is 23.3 Å². The smallest absolute Gasteiger partial charge is 0.254 e. The molecule has 0 radical (unpaired) electrons. The summed E-state index contributed by atoms with van der Waals surface area (Å²) in [4.78, 5) is 14.2. The molecular formula is C30H33N15O. The normalized spacial score (nSPS) is 11.7. The number of rotatable bonds is 5. The Kier molecular flexibility index (Phi) is 10.3. The van der Waals surface area contributed by atoms with Gasteiger partial charge >= 0.3 is 0 Å². The maximum atomic E-state index is 12.4. The Labute approximate surface area is 263 Å². The average molecular weight is 620 g/mol. The Bertz CT molecular complexity index is 1870. The molecule has 7 rings (SSSR count). The number of hydrogen-bond acceptors (Lipinski definition) is 15. The third-order valence-electron chi connectivity index (χ3n) is 7.06. The molecule has 0 atom stereocenters. The van der Waals surface area contributed by atoms with Gasteiger partial charge in [0.1, 0.15) is 0 Å². The Morgan fingerprint density at radius 1 is 0.652 bits per heavy atom. The fourth-order valence-electron chi connectivity index (χ4n) is 4.79. The molecule has 0 spiro atoms. The first-order chi connectivity index (χ1) is 22.6. The van der Waals surface area contributed by atoms with E-state index in [1.54, 1.807) is 6.20 Å². The van der Waals surface area contributed by atoms with Crippen molar-refractivity contribution in [2.24, 2.45) is 23.4 Å². The topological polar surface area (TPSA) is 250 Å². The fourth-order valence-corrected chi connectivity index (χ4v) is 4.79. The quantitative estimate of drug-likeness (QED) is 0.102. The number of nitrogens with two attached hydrogens (primary N) is 4. The number of amides is 1. The number of aromatic nitrogens is 6. The van der Waals surface area contributed by atoms with E-state index in [1.807, 2.05) is 89.8 Å². The highest BCUT2D eigenvalue weighted by Gasteiger charge is 2.23. The molecule has 234 valence electrons. The third kappa shape index (κ3) is 7.17. The zero-order valence-corrected chi connectivity index (χ0v) is 24.6. The van der Waals surface area contributed by atoms with Gasteiger partial charge in [0.05, 0.1) is 11.9 Å². The van der Waals surface area contributed by atoms with Gasteiger partial charge < -0.3 is 26.6 Å². The second kappa shape index (κ2) is 15.1. The summed E-state index contributed by atoms with van der Waals surface area (Å²) in [7, 11) is 0. The van der Waals surface area contributed by atoms with Crippen LogP contribution in [0, 0.1) is 0 Å². The summed E-state index contributed by atoms with van der Waals surface area (Å²) in [6, 6.07) is 26.5. The molecule has 0 saturated heterocycles. The molecule has 6 aromatic rings. The molecule has 0 saturated carbocycles. The summed E-state index contributed by atoms with van der Waals surface area (Å²) in [5, 5.41) is 27.2. The summed E-state index contributed by atoms with van der Waals surface area (Å²) < 4.78 is 0. The lowest BCUT2D eigenvalue weighted by molar-refractivity contribution is 0.0733. The summed E-state index contributed by atoms with van der Waals surface area (Å²) in [5.74, 6) is 23.4. The van der Waals surface area contributed by atoms with Gasteiger partial charge in [-0.3, -0.25) is 4.79 Å². The van der Waals surface area contributed by atoms with E-state index in [2.05, 4.69) is 52.3 Å². The van der Waals surface area contributed by atoms with Crippen molar-refractivity contribution < 1.29 is 4.79 Å². The number of anilines is 4. The molecule has 0 aliphatic carbocycles. The van der Waals surface area contributed by atoms with Crippen LogP contribution in [-0.2, 0) is 13.0 Å². The lowest BCUT2D eigenvalue weighted by Crippen LogP contribution is -2.36. The number of nitrogens with one attached hydrogen (secondary N) is 4. The number of fused-ring (bicyclic) bond motifs is 3. The summed E-state index contributed by atoms with van der Waals surface area (Å²) in [5.41, 5.74) is 12.6. The van der Waals surface area contributed by atoms with Gasteiger partial charge in [-0.2, -0.15) is 10.2 Å². The van der Waals surface area contributed by atoms with Crippen molar-refractivity contribution in [3.05, 3.63) is 108 Å². The maximum Gasteiger partial charge on any atom is 0.254 e. The first-order valence-electron chi connectivity index (χ1n) is 14.1. The van der Waals surface area contributed by atoms with Gasteiger partial charge in [-0.15, -0.1) is 20.4 Å². The van der Waals surface area contributed by atoms with Crippen LogP contribution in [-0.4, -0.2) is 47.9 Å². The number of carbonyl (C=O) groups is 1. The molecule has 3 aromatic carbocycles. The zero-order valence-electron chi connectivity index (χ0n) is 24.6. The van der Waals surface area contributed by atoms with E-state index in [0.29, 0.717) is 48.3 Å². The fraction of sp³-hybridized carbons (Fsp3) is 0.100. The van der Waals surface area contributed by atoms with Gasteiger partial charge in [-0.1, -0.05) is 66.7 Å². The van der Waals surface area contributed by atoms with Crippen LogP contribution in [0.15, 0.2) is 91.1 Å². The van der Waals surface area contributed by atoms with E-state index in [1.165, 1.54) is 0 Å². The number of hydrogen-bond donors (Lipinski definition) is 8. The Morgan fingerprint density at radius 3 is 1.87 bits per heavy atom. The van der Waals surface area contributed by atoms with E-state index in [4.69, 9.17) is 23.4 Å². The van der Waals surface area contributed by atoms with Gasteiger partial charge in [-0.05, 0) is 23.8 Å². The van der Waals surface area contributed by atoms with E-state index in [0.717, 1.165) is 32.8 Å². The van der Waals surface area contributed by atoms with Crippen LogP contribution in [0.2, 0.25) is 0 Å². The van der Waals surface area contributed by atoms with Crippen molar-refractivity contribution in [2.45, 2.75) is 13.0 Å². The van der Waals surface area contributed by atoms with Crippen LogP contribution in [0.3, 0.4) is 0 Å². The molecule has 16 nitrogen and oxygen atoms in total. The highest BCUT2D eigenvalue weighted by molar-refractivity contribution is 5.98. The van der Waals surface area contributed by atoms with Crippen molar-refractivity contribution in [1.82, 2.24) is 35.5 Å². The van der Waals surface area contributed by atoms with Crippen molar-refractivity contribution in [1.29, 1.82) is 0 Å². The van der Waals surface area contributed by atoms with E-state index < -0.39 is 0 Å². The largest absolute Gasteiger partial charge is 0.334 e. The van der Waals surface area contributed by atoms with E-state index >= 15 is 0 Å². The van der Waals surface area contributed by atoms with Crippen molar-refractivity contribution in [3.63, 3.8) is 0 Å². The molecule has 16 heteroatoms. The van der Waals surface area contributed by atoms with Crippen LogP contribution < -0.4 is 45.1 Å². The molecule has 1 amide bonds. The monoisotopic (exact) mass is 619 g/mol. The highest BCUT2D eigenvalue weighted by atomic mass is 16.2. The molecule has 12 N–H and O–H groups in total. The predicted octanol–water partition coefficient (Wildman–Crippen LogP) is 2.08. The van der Waals surface area contributed by atoms with Crippen molar-refractivity contribution >= 4 is 50.7 Å². The number of carbonyl (C=O) groups excluding carboxylic acids is 1. The van der Waals surface area contributed by atoms with Gasteiger partial charge in [0.2, 0.25) is 0 Å². The van der Waals surface area contributed by atoms with Gasteiger partial charge in [0, 0.05) is 46.6 Å². The molecule has 1 aliphatic heterocycles. The van der Waals surface area contributed by atoms with E-state index in [9.17, 15) is 4.79 Å². The van der Waals surface area contributed by atoms with Crippen LogP contribution in [0.1, 0.15) is 21.6 Å². The molecule has 0 fully saturated rings. The van der Waals surface area contributed by atoms with Gasteiger partial charge in [-0.25, -0.2) is 23.4 Å². The minimum absolute atomic E-state index is 0.0373. The first kappa shape index (κ1) is 31.4. The zero-order chi connectivity index (χ0) is 32.3. The molecular weight excluding hydrogens is 586 g/mol. The summed E-state index contributed by atoms with van der Waals surface area (Å²) in [6.07, 6.45) is 2.42. The van der Waals surface area contributed by atoms with Crippen LogP contribution >= 0.6 is 0 Å². The second-order valence-corrected chi connectivity index (χ2v) is 9.84. The third-order valence-corrected chi connectivity index (χ3v) is 7.06. The molecule has 0 unspecified atom stereocenters. The second-order valence-electron chi connectivity index (χ2n) is 9.84. The Balaban J connectivity index is 0.000000141. The minimum Gasteiger partial charge on any atom is -0.334 e. The lowest BCUT2D eigenvalue weighted by atomic mass is 10.1. The van der Waals surface area contributed by atoms with Gasteiger partial charge in [0.15, 0.2) is 23.3 Å². The minimum atomic E-state index is 0.0373. The molecule has 46 heavy (non-hydrogen) atoms. The average Bonchev–Trinajstić information content (AvgIpc) is 3.14. The summed E-state index contributed by atoms with van der Waals surface area (Å²) in [6.45, 7) is 1.19. The SMILES string of the molecule is NNc1cc2c(nn1)CCN(C(=O)c1ccccc1)C2.NNc1nnc(NN)c2ccccc12.NNc1nncc2ccccc12. The van der Waals surface area contributed by atoms with E-state index in [-0.39, 0.29) is 5.91 Å². The Morgan fingerprint density at radius 2 is 1.24 bits per heavy atom. The van der Waals surface area contributed by atoms with Crippen molar-refractivity contribution in [2.75, 3.05) is 28.2 Å². The van der Waals surface area contributed by atoms with Crippen LogP contribution in [0.5, 0.6) is 0 Å². The number of nitrogens with zero attached hydrogens (tertiary/aromatic N) is 7. The van der Waals surface area contributed by atoms with Crippen LogP contribution in [0.25, 0.3) is 21.5 Å². The molecule has 3 aromatic heterocycles. The molecule has 0 bridgehead atoms. The number of nitrogen functional groups attached to an aromatic ring is 4. The van der Waals surface area contributed by atoms with Crippen molar-refractivity contribution in [3.8, 4) is 0 Å². The highest BCUT2D eigenvalue weighted by Crippen LogP contribution is 2.24. The predicted molar refractivity (Wildman–Crippen MR) is 177 cm³/mol. The number of hydrazine groups is 4. The molecule has 4 heterocycles. The number of benzene rings is 3. The summed E-state index contributed by atoms with van der Waals surface area (Å²) >= 11 is 0. The molecule has 1 aliphatic rings. The Hall–Kier alpha value is -6.07.